The van der Waals surface area contributed by atoms with Gasteiger partial charge in [0.1, 0.15) is 10.6 Å². The molecule has 1 aliphatic heterocycles. The minimum atomic E-state index is -3.74. The van der Waals surface area contributed by atoms with E-state index in [1.165, 1.54) is 30.5 Å². The lowest BCUT2D eigenvalue weighted by Crippen LogP contribution is -2.35. The van der Waals surface area contributed by atoms with Crippen molar-refractivity contribution in [1.82, 2.24) is 9.62 Å². The largest absolute Gasteiger partial charge is 0.495 e. The molecule has 0 unspecified atom stereocenters. The van der Waals surface area contributed by atoms with E-state index < -0.39 is 16.1 Å². The molecular weight excluding hydrogens is 430 g/mol. The van der Waals surface area contributed by atoms with Gasteiger partial charge in [-0.15, -0.1) is 0 Å². The molecule has 0 aliphatic carbocycles. The molecule has 3 rings (SSSR count). The summed E-state index contributed by atoms with van der Waals surface area (Å²) >= 11 is 0. The Bertz CT molecular complexity index is 1050. The first-order valence-corrected chi connectivity index (χ1v) is 12.1. The van der Waals surface area contributed by atoms with Gasteiger partial charge in [0.05, 0.1) is 19.6 Å². The summed E-state index contributed by atoms with van der Waals surface area (Å²) in [6.45, 7) is 2.34. The fourth-order valence-corrected chi connectivity index (χ4v) is 5.48. The second-order valence-electron chi connectivity index (χ2n) is 7.75. The predicted octanol–water partition coefficient (Wildman–Crippen LogP) is 3.08. The lowest BCUT2D eigenvalue weighted by atomic mass is 10.0. The van der Waals surface area contributed by atoms with Gasteiger partial charge in [-0.2, -0.15) is 4.31 Å². The molecule has 2 aromatic carbocycles. The van der Waals surface area contributed by atoms with E-state index in [1.54, 1.807) is 6.07 Å². The van der Waals surface area contributed by atoms with Crippen LogP contribution in [0.1, 0.15) is 44.2 Å². The molecule has 0 radical (unpaired) electrons. The maximum atomic E-state index is 13.2. The number of piperidine rings is 1. The number of nitrogens with zero attached hydrogens (tertiary/aromatic N) is 1. The van der Waals surface area contributed by atoms with Gasteiger partial charge in [0.25, 0.3) is 0 Å². The topological polar surface area (TPSA) is 105 Å². The van der Waals surface area contributed by atoms with Gasteiger partial charge in [-0.3, -0.25) is 9.59 Å². The number of carbonyl (C=O) groups is 2. The first-order valence-electron chi connectivity index (χ1n) is 10.6. The molecule has 0 spiro atoms. The number of carbonyl (C=O) groups excluding carboxylic acids is 2. The second-order valence-corrected chi connectivity index (χ2v) is 9.65. The standard InChI is InChI=1S/C23H29N3O5S/c1-17(27)24-20(18-9-5-3-6-10-18)16-23(28)25-19-11-12-21(31-2)22(15-19)32(29,30)26-13-7-4-8-14-26/h3,5-6,9-12,15,20H,4,7-8,13-14,16H2,1-2H3,(H,24,27)(H,25,28)/t20-/m0/s1. The fraction of sp³-hybridized carbons (Fsp3) is 0.391. The maximum absolute atomic E-state index is 13.2. The van der Waals surface area contributed by atoms with Gasteiger partial charge < -0.3 is 15.4 Å². The molecule has 9 heteroatoms. The van der Waals surface area contributed by atoms with Crippen molar-refractivity contribution in [2.45, 2.75) is 43.5 Å². The Hall–Kier alpha value is -2.91. The van der Waals surface area contributed by atoms with E-state index >= 15 is 0 Å². The van der Waals surface area contributed by atoms with Crippen LogP contribution in [0, 0.1) is 0 Å². The van der Waals surface area contributed by atoms with Crippen molar-refractivity contribution in [1.29, 1.82) is 0 Å². The SMILES string of the molecule is COc1ccc(NC(=O)C[C@H](NC(C)=O)c2ccccc2)cc1S(=O)(=O)N1CCCCC1. The van der Waals surface area contributed by atoms with Gasteiger partial charge in [0.15, 0.2) is 0 Å². The summed E-state index contributed by atoms with van der Waals surface area (Å²) < 4.78 is 33.1. The summed E-state index contributed by atoms with van der Waals surface area (Å²) in [4.78, 5) is 24.4. The molecule has 8 nitrogen and oxygen atoms in total. The lowest BCUT2D eigenvalue weighted by Gasteiger charge is -2.26. The van der Waals surface area contributed by atoms with Crippen molar-refractivity contribution in [2.75, 3.05) is 25.5 Å². The zero-order valence-electron chi connectivity index (χ0n) is 18.3. The first kappa shape index (κ1) is 23.7. The van der Waals surface area contributed by atoms with Gasteiger partial charge in [-0.1, -0.05) is 36.8 Å². The summed E-state index contributed by atoms with van der Waals surface area (Å²) in [5, 5.41) is 5.54. The van der Waals surface area contributed by atoms with Crippen molar-refractivity contribution in [3.63, 3.8) is 0 Å². The highest BCUT2D eigenvalue weighted by molar-refractivity contribution is 7.89. The van der Waals surface area contributed by atoms with Crippen LogP contribution in [0.25, 0.3) is 0 Å². The summed E-state index contributed by atoms with van der Waals surface area (Å²) in [6, 6.07) is 13.3. The molecule has 0 aromatic heterocycles. The number of benzene rings is 2. The van der Waals surface area contributed by atoms with Crippen molar-refractivity contribution in [3.8, 4) is 5.75 Å². The molecule has 1 aliphatic rings. The Morgan fingerprint density at radius 1 is 1.06 bits per heavy atom. The van der Waals surface area contributed by atoms with E-state index in [0.29, 0.717) is 18.8 Å². The van der Waals surface area contributed by atoms with Crippen LogP contribution in [0.2, 0.25) is 0 Å². The second kappa shape index (κ2) is 10.6. The molecule has 1 fully saturated rings. The lowest BCUT2D eigenvalue weighted by molar-refractivity contribution is -0.120. The number of amides is 2. The van der Waals surface area contributed by atoms with Crippen molar-refractivity contribution in [3.05, 3.63) is 54.1 Å². The summed E-state index contributed by atoms with van der Waals surface area (Å²) in [6.07, 6.45) is 2.66. The molecule has 1 atom stereocenters. The highest BCUT2D eigenvalue weighted by Gasteiger charge is 2.29. The average molecular weight is 460 g/mol. The Kier molecular flexibility index (Phi) is 7.87. The molecule has 172 valence electrons. The molecule has 2 N–H and O–H groups in total. The number of hydrogen-bond acceptors (Lipinski definition) is 5. The zero-order valence-corrected chi connectivity index (χ0v) is 19.2. The van der Waals surface area contributed by atoms with E-state index in [9.17, 15) is 18.0 Å². The molecule has 1 heterocycles. The number of rotatable bonds is 8. The van der Waals surface area contributed by atoms with Crippen molar-refractivity contribution >= 4 is 27.5 Å². The number of nitrogens with one attached hydrogen (secondary N) is 2. The normalized spacial score (nSPS) is 15.6. The van der Waals surface area contributed by atoms with Gasteiger partial charge >= 0.3 is 0 Å². The summed E-state index contributed by atoms with van der Waals surface area (Å²) in [5.74, 6) is -0.362. The molecular formula is C23H29N3O5S. The first-order chi connectivity index (χ1) is 15.3. The summed E-state index contributed by atoms with van der Waals surface area (Å²) in [7, 11) is -2.33. The molecule has 1 saturated heterocycles. The Balaban J connectivity index is 1.80. The third-order valence-corrected chi connectivity index (χ3v) is 7.27. The van der Waals surface area contributed by atoms with Crippen molar-refractivity contribution < 1.29 is 22.7 Å². The Labute approximate surface area is 189 Å². The van der Waals surface area contributed by atoms with Crippen molar-refractivity contribution in [2.24, 2.45) is 0 Å². The van der Waals surface area contributed by atoms with Crippen LogP contribution in [-0.4, -0.2) is 44.7 Å². The van der Waals surface area contributed by atoms with E-state index in [1.807, 2.05) is 30.3 Å². The van der Waals surface area contributed by atoms with Crippen LogP contribution in [0.4, 0.5) is 5.69 Å². The monoisotopic (exact) mass is 459 g/mol. The van der Waals surface area contributed by atoms with Crippen LogP contribution < -0.4 is 15.4 Å². The summed E-state index contributed by atoms with van der Waals surface area (Å²) in [5.41, 5.74) is 1.15. The number of hydrogen-bond donors (Lipinski definition) is 2. The molecule has 2 aromatic rings. The van der Waals surface area contributed by atoms with E-state index in [4.69, 9.17) is 4.74 Å². The van der Waals surface area contributed by atoms with E-state index in [2.05, 4.69) is 10.6 Å². The molecule has 0 bridgehead atoms. The average Bonchev–Trinajstić information content (AvgIpc) is 2.79. The zero-order chi connectivity index (χ0) is 23.1. The van der Waals surface area contributed by atoms with Crippen LogP contribution in [0.5, 0.6) is 5.75 Å². The number of sulfonamides is 1. The number of anilines is 1. The Morgan fingerprint density at radius 2 is 1.75 bits per heavy atom. The Morgan fingerprint density at radius 3 is 2.38 bits per heavy atom. The quantitative estimate of drug-likeness (QED) is 0.631. The minimum Gasteiger partial charge on any atom is -0.495 e. The molecule has 0 saturated carbocycles. The third-order valence-electron chi connectivity index (χ3n) is 5.35. The fourth-order valence-electron chi connectivity index (χ4n) is 3.78. The minimum absolute atomic E-state index is 0.00380. The number of methoxy groups -OCH3 is 1. The maximum Gasteiger partial charge on any atom is 0.246 e. The van der Waals surface area contributed by atoms with Crippen LogP contribution in [-0.2, 0) is 19.6 Å². The van der Waals surface area contributed by atoms with Gasteiger partial charge in [0.2, 0.25) is 21.8 Å². The molecule has 32 heavy (non-hydrogen) atoms. The highest BCUT2D eigenvalue weighted by atomic mass is 32.2. The van der Waals surface area contributed by atoms with E-state index in [0.717, 1.165) is 24.8 Å². The molecule has 2 amide bonds. The third kappa shape index (κ3) is 5.86. The predicted molar refractivity (Wildman–Crippen MR) is 122 cm³/mol. The van der Waals surface area contributed by atoms with Crippen LogP contribution in [0.3, 0.4) is 0 Å². The highest BCUT2D eigenvalue weighted by Crippen LogP contribution is 2.31. The van der Waals surface area contributed by atoms with Gasteiger partial charge in [0, 0.05) is 25.7 Å². The van der Waals surface area contributed by atoms with Crippen LogP contribution >= 0.6 is 0 Å². The van der Waals surface area contributed by atoms with E-state index in [-0.39, 0.29) is 28.9 Å². The number of ether oxygens (including phenoxy) is 1. The van der Waals surface area contributed by atoms with Gasteiger partial charge in [-0.25, -0.2) is 8.42 Å². The van der Waals surface area contributed by atoms with Crippen LogP contribution in [0.15, 0.2) is 53.4 Å². The van der Waals surface area contributed by atoms with Gasteiger partial charge in [-0.05, 0) is 36.6 Å². The smallest absolute Gasteiger partial charge is 0.246 e.